The fourth-order valence-electron chi connectivity index (χ4n) is 1.67. The van der Waals surface area contributed by atoms with E-state index < -0.39 is 5.97 Å². The molecule has 0 saturated carbocycles. The van der Waals surface area contributed by atoms with Crippen LogP contribution in [0.1, 0.15) is 5.56 Å². The molecular formula is C14H9NO2. The summed E-state index contributed by atoms with van der Waals surface area (Å²) in [4.78, 5) is 10.8. The highest BCUT2D eigenvalue weighted by Gasteiger charge is 2.06. The molecule has 0 unspecified atom stereocenters. The second kappa shape index (κ2) is 4.50. The van der Waals surface area contributed by atoms with Crippen molar-refractivity contribution >= 4 is 22.8 Å². The lowest BCUT2D eigenvalue weighted by molar-refractivity contribution is -0.132. The Morgan fingerprint density at radius 2 is 1.88 bits per heavy atom. The Morgan fingerprint density at radius 3 is 2.59 bits per heavy atom. The molecule has 0 saturated heterocycles. The highest BCUT2D eigenvalue weighted by Crippen LogP contribution is 2.20. The molecule has 1 N–H and O–H groups in total. The van der Waals surface area contributed by atoms with Gasteiger partial charge in [-0.2, -0.15) is 5.26 Å². The van der Waals surface area contributed by atoms with Crippen LogP contribution in [0.4, 0.5) is 0 Å². The van der Waals surface area contributed by atoms with Crippen molar-refractivity contribution in [3.05, 3.63) is 53.6 Å². The maximum Gasteiger partial charge on any atom is 0.346 e. The number of fused-ring (bicyclic) bond motifs is 1. The molecule has 2 aromatic carbocycles. The van der Waals surface area contributed by atoms with Crippen LogP contribution >= 0.6 is 0 Å². The van der Waals surface area contributed by atoms with E-state index in [0.29, 0.717) is 0 Å². The van der Waals surface area contributed by atoms with Crippen LogP contribution in [0.5, 0.6) is 0 Å². The predicted octanol–water partition coefficient (Wildman–Crippen LogP) is 2.83. The lowest BCUT2D eigenvalue weighted by Gasteiger charge is -2.01. The number of carboxylic acid groups (broad SMARTS) is 1. The first kappa shape index (κ1) is 10.9. The van der Waals surface area contributed by atoms with E-state index in [2.05, 4.69) is 0 Å². The van der Waals surface area contributed by atoms with Crippen molar-refractivity contribution in [3.63, 3.8) is 0 Å². The van der Waals surface area contributed by atoms with Gasteiger partial charge in [-0.3, -0.25) is 0 Å². The third-order valence-corrected chi connectivity index (χ3v) is 2.47. The summed E-state index contributed by atoms with van der Waals surface area (Å²) < 4.78 is 0. The molecule has 3 nitrogen and oxygen atoms in total. The van der Waals surface area contributed by atoms with E-state index in [9.17, 15) is 4.79 Å². The summed E-state index contributed by atoms with van der Waals surface area (Å²) in [6.07, 6.45) is 1.39. The summed E-state index contributed by atoms with van der Waals surface area (Å²) >= 11 is 0. The maximum atomic E-state index is 10.8. The van der Waals surface area contributed by atoms with E-state index in [1.807, 2.05) is 36.4 Å². The van der Waals surface area contributed by atoms with Crippen LogP contribution in [-0.2, 0) is 4.79 Å². The number of carbonyl (C=O) groups is 1. The first-order valence-corrected chi connectivity index (χ1v) is 5.05. The molecule has 2 aromatic rings. The van der Waals surface area contributed by atoms with Crippen LogP contribution in [0.2, 0.25) is 0 Å². The standard InChI is InChI=1S/C14H9NO2/c15-9-12(14(16)17)8-11-6-3-5-10-4-1-2-7-13(10)11/h1-8H,(H,16,17)/b12-8+. The van der Waals surface area contributed by atoms with E-state index in [1.54, 1.807) is 12.1 Å². The lowest BCUT2D eigenvalue weighted by Crippen LogP contribution is -1.97. The molecular weight excluding hydrogens is 214 g/mol. The molecule has 2 rings (SSSR count). The molecule has 0 bridgehead atoms. The van der Waals surface area contributed by atoms with Crippen molar-refractivity contribution in [2.24, 2.45) is 0 Å². The van der Waals surface area contributed by atoms with Gasteiger partial charge in [0.1, 0.15) is 11.6 Å². The molecule has 0 aliphatic carbocycles. The second-order valence-corrected chi connectivity index (χ2v) is 3.54. The monoisotopic (exact) mass is 223 g/mol. The van der Waals surface area contributed by atoms with Gasteiger partial charge in [0.15, 0.2) is 0 Å². The number of rotatable bonds is 2. The van der Waals surface area contributed by atoms with E-state index in [-0.39, 0.29) is 5.57 Å². The number of benzene rings is 2. The van der Waals surface area contributed by atoms with Crippen molar-refractivity contribution in [2.45, 2.75) is 0 Å². The Bertz CT molecular complexity index is 645. The van der Waals surface area contributed by atoms with Crippen molar-refractivity contribution in [1.29, 1.82) is 5.26 Å². The third-order valence-electron chi connectivity index (χ3n) is 2.47. The molecule has 0 spiro atoms. The minimum Gasteiger partial charge on any atom is -0.477 e. The Hall–Kier alpha value is -2.60. The molecule has 0 aliphatic heterocycles. The van der Waals surface area contributed by atoms with Gasteiger partial charge in [0.2, 0.25) is 0 Å². The van der Waals surface area contributed by atoms with Gasteiger partial charge in [-0.1, -0.05) is 42.5 Å². The minimum atomic E-state index is -1.21. The smallest absolute Gasteiger partial charge is 0.346 e. The van der Waals surface area contributed by atoms with Gasteiger partial charge in [0.25, 0.3) is 0 Å². The van der Waals surface area contributed by atoms with Crippen molar-refractivity contribution < 1.29 is 9.90 Å². The summed E-state index contributed by atoms with van der Waals surface area (Å²) in [7, 11) is 0. The number of aliphatic carboxylic acids is 1. The first-order chi connectivity index (χ1) is 8.22. The fraction of sp³-hybridized carbons (Fsp3) is 0. The molecule has 0 heterocycles. The average Bonchev–Trinajstić information content (AvgIpc) is 2.35. The molecule has 17 heavy (non-hydrogen) atoms. The topological polar surface area (TPSA) is 61.1 Å². The highest BCUT2D eigenvalue weighted by atomic mass is 16.4. The Labute approximate surface area is 98.2 Å². The van der Waals surface area contributed by atoms with Gasteiger partial charge in [0.05, 0.1) is 0 Å². The molecule has 0 radical (unpaired) electrons. The number of nitriles is 1. The van der Waals surface area contributed by atoms with E-state index in [1.165, 1.54) is 6.08 Å². The predicted molar refractivity (Wildman–Crippen MR) is 65.2 cm³/mol. The average molecular weight is 223 g/mol. The number of hydrogen-bond donors (Lipinski definition) is 1. The first-order valence-electron chi connectivity index (χ1n) is 5.05. The van der Waals surface area contributed by atoms with Crippen LogP contribution in [0.25, 0.3) is 16.8 Å². The van der Waals surface area contributed by atoms with Crippen molar-refractivity contribution in [1.82, 2.24) is 0 Å². The summed E-state index contributed by atoms with van der Waals surface area (Å²) in [6.45, 7) is 0. The molecule has 3 heteroatoms. The van der Waals surface area contributed by atoms with Crippen LogP contribution in [0, 0.1) is 11.3 Å². The van der Waals surface area contributed by atoms with Crippen molar-refractivity contribution in [3.8, 4) is 6.07 Å². The largest absolute Gasteiger partial charge is 0.477 e. The third kappa shape index (κ3) is 2.16. The number of nitrogens with zero attached hydrogens (tertiary/aromatic N) is 1. The molecule has 0 amide bonds. The summed E-state index contributed by atoms with van der Waals surface area (Å²) in [5.41, 5.74) is 0.475. The van der Waals surface area contributed by atoms with E-state index in [4.69, 9.17) is 10.4 Å². The van der Waals surface area contributed by atoms with Gasteiger partial charge in [0, 0.05) is 0 Å². The highest BCUT2D eigenvalue weighted by molar-refractivity contribution is 6.00. The minimum absolute atomic E-state index is 0.263. The van der Waals surface area contributed by atoms with Gasteiger partial charge in [-0.05, 0) is 22.4 Å². The van der Waals surface area contributed by atoms with Crippen LogP contribution in [0.3, 0.4) is 0 Å². The van der Waals surface area contributed by atoms with Crippen LogP contribution < -0.4 is 0 Å². The summed E-state index contributed by atoms with van der Waals surface area (Å²) in [5.74, 6) is -1.21. The van der Waals surface area contributed by atoms with Gasteiger partial charge in [-0.15, -0.1) is 0 Å². The zero-order chi connectivity index (χ0) is 12.3. The normalized spacial score (nSPS) is 11.1. The number of carboxylic acids is 1. The lowest BCUT2D eigenvalue weighted by atomic mass is 10.0. The molecule has 0 atom stereocenters. The maximum absolute atomic E-state index is 10.8. The number of hydrogen-bond acceptors (Lipinski definition) is 2. The van der Waals surface area contributed by atoms with Crippen LogP contribution in [-0.4, -0.2) is 11.1 Å². The Kier molecular flexibility index (Phi) is 2.89. The Morgan fingerprint density at radius 1 is 1.18 bits per heavy atom. The van der Waals surface area contributed by atoms with Crippen molar-refractivity contribution in [2.75, 3.05) is 0 Å². The van der Waals surface area contributed by atoms with Gasteiger partial charge in [-0.25, -0.2) is 4.79 Å². The molecule has 0 aromatic heterocycles. The van der Waals surface area contributed by atoms with Gasteiger partial charge >= 0.3 is 5.97 Å². The molecule has 0 aliphatic rings. The second-order valence-electron chi connectivity index (χ2n) is 3.54. The van der Waals surface area contributed by atoms with E-state index in [0.717, 1.165) is 16.3 Å². The van der Waals surface area contributed by atoms with Crippen LogP contribution in [0.15, 0.2) is 48.0 Å². The van der Waals surface area contributed by atoms with Gasteiger partial charge < -0.3 is 5.11 Å². The molecule has 82 valence electrons. The summed E-state index contributed by atoms with van der Waals surface area (Å²) in [5, 5.41) is 19.5. The fourth-order valence-corrected chi connectivity index (χ4v) is 1.67. The quantitative estimate of drug-likeness (QED) is 0.629. The zero-order valence-electron chi connectivity index (χ0n) is 8.92. The Balaban J connectivity index is 2.65. The zero-order valence-corrected chi connectivity index (χ0v) is 8.92. The SMILES string of the molecule is N#C/C(=C\c1cccc2ccccc12)C(=O)O. The summed E-state index contributed by atoms with van der Waals surface area (Å²) in [6, 6.07) is 14.9. The van der Waals surface area contributed by atoms with E-state index >= 15 is 0 Å². The molecule has 0 fully saturated rings.